The highest BCUT2D eigenvalue weighted by Gasteiger charge is 2.12. The number of rotatable bonds is 4. The molecule has 0 aliphatic carbocycles. The number of ether oxygens (including phenoxy) is 1. The molecule has 4 nitrogen and oxygen atoms in total. The van der Waals surface area contributed by atoms with Crippen LogP contribution in [0.15, 0.2) is 34.8 Å². The van der Waals surface area contributed by atoms with Gasteiger partial charge in [-0.25, -0.2) is 4.39 Å². The van der Waals surface area contributed by atoms with Crippen molar-refractivity contribution in [3.8, 4) is 5.88 Å². The molecular formula is C13H10BrFN2O2. The number of nitrogens with zero attached hydrogens (tertiary/aromatic N) is 2. The zero-order chi connectivity index (χ0) is 13.8. The van der Waals surface area contributed by atoms with Crippen molar-refractivity contribution in [2.24, 2.45) is 0 Å². The van der Waals surface area contributed by atoms with Gasteiger partial charge in [0, 0.05) is 17.0 Å². The van der Waals surface area contributed by atoms with Crippen molar-refractivity contribution in [1.82, 2.24) is 10.2 Å². The summed E-state index contributed by atoms with van der Waals surface area (Å²) in [5, 5.41) is 7.44. The molecule has 98 valence electrons. The van der Waals surface area contributed by atoms with E-state index in [9.17, 15) is 9.18 Å². The smallest absolute Gasteiger partial charge is 0.233 e. The highest BCUT2D eigenvalue weighted by molar-refractivity contribution is 9.10. The van der Waals surface area contributed by atoms with Gasteiger partial charge in [-0.1, -0.05) is 22.0 Å². The van der Waals surface area contributed by atoms with Crippen LogP contribution >= 0.6 is 15.9 Å². The highest BCUT2D eigenvalue weighted by Crippen LogP contribution is 2.17. The number of hydrogen-bond donors (Lipinski definition) is 0. The second-order valence-corrected chi connectivity index (χ2v) is 4.71. The van der Waals surface area contributed by atoms with Gasteiger partial charge in [0.1, 0.15) is 11.5 Å². The van der Waals surface area contributed by atoms with E-state index in [0.29, 0.717) is 15.9 Å². The van der Waals surface area contributed by atoms with Crippen molar-refractivity contribution in [1.29, 1.82) is 0 Å². The van der Waals surface area contributed by atoms with Crippen LogP contribution in [0.3, 0.4) is 0 Å². The lowest BCUT2D eigenvalue weighted by molar-refractivity contribution is 0.0986. The summed E-state index contributed by atoms with van der Waals surface area (Å²) in [6.07, 6.45) is -0.0554. The number of Topliss-reactive ketones (excluding diaryl/α,β-unsaturated/α-hetero) is 1. The van der Waals surface area contributed by atoms with Crippen LogP contribution in [0, 0.1) is 5.82 Å². The molecule has 0 aliphatic heterocycles. The topological polar surface area (TPSA) is 52.1 Å². The van der Waals surface area contributed by atoms with E-state index >= 15 is 0 Å². The minimum atomic E-state index is -0.427. The number of ketones is 1. The molecule has 1 heterocycles. The van der Waals surface area contributed by atoms with Crippen molar-refractivity contribution < 1.29 is 13.9 Å². The molecular weight excluding hydrogens is 315 g/mol. The highest BCUT2D eigenvalue weighted by atomic mass is 79.9. The number of benzene rings is 1. The van der Waals surface area contributed by atoms with E-state index in [1.807, 2.05) is 0 Å². The SMILES string of the molecule is COc1ccc(C(=O)Cc2ccc(Br)cc2F)nn1. The minimum absolute atomic E-state index is 0.0554. The molecule has 6 heteroatoms. The second kappa shape index (κ2) is 5.88. The van der Waals surface area contributed by atoms with E-state index in [-0.39, 0.29) is 17.9 Å². The lowest BCUT2D eigenvalue weighted by Crippen LogP contribution is -2.08. The van der Waals surface area contributed by atoms with Crippen LogP contribution in [-0.4, -0.2) is 23.1 Å². The lowest BCUT2D eigenvalue weighted by Gasteiger charge is -2.03. The van der Waals surface area contributed by atoms with Crippen LogP contribution < -0.4 is 4.74 Å². The summed E-state index contributed by atoms with van der Waals surface area (Å²) in [6.45, 7) is 0. The maximum atomic E-state index is 13.6. The average molecular weight is 325 g/mol. The first-order valence-electron chi connectivity index (χ1n) is 5.45. The molecule has 2 rings (SSSR count). The standard InChI is InChI=1S/C13H10BrFN2O2/c1-19-13-5-4-11(16-17-13)12(18)6-8-2-3-9(14)7-10(8)15/h2-5,7H,6H2,1H3. The summed E-state index contributed by atoms with van der Waals surface area (Å²) in [7, 11) is 1.46. The van der Waals surface area contributed by atoms with Crippen LogP contribution in [0.1, 0.15) is 16.1 Å². The van der Waals surface area contributed by atoms with Crippen molar-refractivity contribution >= 4 is 21.7 Å². The molecule has 19 heavy (non-hydrogen) atoms. The molecule has 0 bridgehead atoms. The Kier molecular flexibility index (Phi) is 4.21. The molecule has 0 radical (unpaired) electrons. The summed E-state index contributed by atoms with van der Waals surface area (Å²) in [6, 6.07) is 7.62. The van der Waals surface area contributed by atoms with Gasteiger partial charge in [0.2, 0.25) is 5.88 Å². The quantitative estimate of drug-likeness (QED) is 0.811. The molecule has 0 saturated carbocycles. The third kappa shape index (κ3) is 3.35. The lowest BCUT2D eigenvalue weighted by atomic mass is 10.1. The Morgan fingerprint density at radius 1 is 1.32 bits per heavy atom. The van der Waals surface area contributed by atoms with Gasteiger partial charge >= 0.3 is 0 Å². The Bertz CT molecular complexity index is 602. The minimum Gasteiger partial charge on any atom is -0.480 e. The van der Waals surface area contributed by atoms with Gasteiger partial charge < -0.3 is 4.74 Å². The first-order chi connectivity index (χ1) is 9.10. The van der Waals surface area contributed by atoms with Gasteiger partial charge in [-0.2, -0.15) is 0 Å². The van der Waals surface area contributed by atoms with Gasteiger partial charge in [0.25, 0.3) is 0 Å². The molecule has 0 spiro atoms. The predicted molar refractivity (Wildman–Crippen MR) is 70.7 cm³/mol. The third-order valence-electron chi connectivity index (χ3n) is 2.50. The van der Waals surface area contributed by atoms with Gasteiger partial charge in [0.05, 0.1) is 7.11 Å². The number of halogens is 2. The molecule has 2 aromatic rings. The second-order valence-electron chi connectivity index (χ2n) is 3.80. The first kappa shape index (κ1) is 13.6. The summed E-state index contributed by atoms with van der Waals surface area (Å²) >= 11 is 3.16. The van der Waals surface area contributed by atoms with Gasteiger partial charge in [0.15, 0.2) is 5.78 Å². The fourth-order valence-electron chi connectivity index (χ4n) is 1.51. The zero-order valence-electron chi connectivity index (χ0n) is 10.1. The summed E-state index contributed by atoms with van der Waals surface area (Å²) < 4.78 is 19.1. The molecule has 0 unspecified atom stereocenters. The fourth-order valence-corrected chi connectivity index (χ4v) is 1.84. The van der Waals surface area contributed by atoms with E-state index in [4.69, 9.17) is 4.74 Å². The van der Waals surface area contributed by atoms with Crippen LogP contribution in [0.2, 0.25) is 0 Å². The van der Waals surface area contributed by atoms with Crippen molar-refractivity contribution in [3.05, 3.63) is 51.9 Å². The van der Waals surface area contributed by atoms with Crippen LogP contribution in [-0.2, 0) is 6.42 Å². The van der Waals surface area contributed by atoms with E-state index in [2.05, 4.69) is 26.1 Å². The molecule has 0 fully saturated rings. The van der Waals surface area contributed by atoms with Gasteiger partial charge in [-0.3, -0.25) is 4.79 Å². The Morgan fingerprint density at radius 3 is 2.68 bits per heavy atom. The summed E-state index contributed by atoms with van der Waals surface area (Å²) in [4.78, 5) is 11.9. The Balaban J connectivity index is 2.15. The molecule has 1 aromatic heterocycles. The number of carbonyl (C=O) groups is 1. The Morgan fingerprint density at radius 2 is 2.11 bits per heavy atom. The average Bonchev–Trinajstić information content (AvgIpc) is 2.42. The normalized spacial score (nSPS) is 10.3. The van der Waals surface area contributed by atoms with Gasteiger partial charge in [-0.05, 0) is 23.8 Å². The van der Waals surface area contributed by atoms with Crippen molar-refractivity contribution in [2.75, 3.05) is 7.11 Å². The molecule has 0 saturated heterocycles. The molecule has 0 atom stereocenters. The zero-order valence-corrected chi connectivity index (χ0v) is 11.6. The number of methoxy groups -OCH3 is 1. The van der Waals surface area contributed by atoms with Gasteiger partial charge in [-0.15, -0.1) is 10.2 Å². The molecule has 0 N–H and O–H groups in total. The maximum absolute atomic E-state index is 13.6. The predicted octanol–water partition coefficient (Wildman–Crippen LogP) is 2.81. The monoisotopic (exact) mass is 324 g/mol. The number of carbonyl (C=O) groups excluding carboxylic acids is 1. The van der Waals surface area contributed by atoms with Crippen molar-refractivity contribution in [2.45, 2.75) is 6.42 Å². The summed E-state index contributed by atoms with van der Waals surface area (Å²) in [5.41, 5.74) is 0.508. The van der Waals surface area contributed by atoms with E-state index in [1.54, 1.807) is 12.1 Å². The van der Waals surface area contributed by atoms with E-state index in [1.165, 1.54) is 25.3 Å². The van der Waals surface area contributed by atoms with Crippen LogP contribution in [0.4, 0.5) is 4.39 Å². The number of aromatic nitrogens is 2. The van der Waals surface area contributed by atoms with E-state index < -0.39 is 5.82 Å². The maximum Gasteiger partial charge on any atom is 0.233 e. The molecule has 1 aromatic carbocycles. The third-order valence-corrected chi connectivity index (χ3v) is 2.99. The fraction of sp³-hybridized carbons (Fsp3) is 0.154. The van der Waals surface area contributed by atoms with Crippen LogP contribution in [0.25, 0.3) is 0 Å². The largest absolute Gasteiger partial charge is 0.480 e. The van der Waals surface area contributed by atoms with Crippen molar-refractivity contribution in [3.63, 3.8) is 0 Å². The summed E-state index contributed by atoms with van der Waals surface area (Å²) in [5.74, 6) is -0.396. The van der Waals surface area contributed by atoms with E-state index in [0.717, 1.165) is 0 Å². The van der Waals surface area contributed by atoms with Crippen LogP contribution in [0.5, 0.6) is 5.88 Å². The molecule has 0 aliphatic rings. The number of hydrogen-bond acceptors (Lipinski definition) is 4. The first-order valence-corrected chi connectivity index (χ1v) is 6.24. The Labute approximate surface area is 117 Å². The Hall–Kier alpha value is -1.82. The molecule has 0 amide bonds.